The molecule has 21 heavy (non-hydrogen) atoms. The molecule has 0 rings (SSSR count). The first kappa shape index (κ1) is 19.4. The molecule has 0 fully saturated rings. The highest BCUT2D eigenvalue weighted by Gasteiger charge is 2.38. The Morgan fingerprint density at radius 3 is 2.14 bits per heavy atom. The van der Waals surface area contributed by atoms with Gasteiger partial charge in [0.25, 0.3) is 0 Å². The van der Waals surface area contributed by atoms with Crippen molar-refractivity contribution in [2.24, 2.45) is 11.3 Å². The van der Waals surface area contributed by atoms with E-state index in [1.807, 2.05) is 13.8 Å². The number of carbonyl (C=O) groups is 3. The molecule has 6 heteroatoms. The molecule has 6 nitrogen and oxygen atoms in total. The summed E-state index contributed by atoms with van der Waals surface area (Å²) in [5, 5.41) is 5.37. The minimum atomic E-state index is -0.884. The molecule has 0 aliphatic carbocycles. The van der Waals surface area contributed by atoms with Crippen molar-refractivity contribution >= 4 is 17.8 Å². The van der Waals surface area contributed by atoms with Gasteiger partial charge in [-0.3, -0.25) is 14.4 Å². The van der Waals surface area contributed by atoms with Crippen molar-refractivity contribution in [3.05, 3.63) is 0 Å². The molecule has 2 amide bonds. The van der Waals surface area contributed by atoms with Gasteiger partial charge in [0.1, 0.15) is 5.92 Å². The molecule has 0 aliphatic rings. The molecule has 0 aromatic carbocycles. The maximum atomic E-state index is 12.2. The molecule has 1 atom stereocenters. The topological polar surface area (TPSA) is 84.5 Å². The van der Waals surface area contributed by atoms with Crippen LogP contribution in [-0.4, -0.2) is 37.0 Å². The second-order valence-corrected chi connectivity index (χ2v) is 6.31. The van der Waals surface area contributed by atoms with Crippen LogP contribution in [0.5, 0.6) is 0 Å². The van der Waals surface area contributed by atoms with Crippen molar-refractivity contribution in [3.63, 3.8) is 0 Å². The second-order valence-electron chi connectivity index (χ2n) is 6.31. The van der Waals surface area contributed by atoms with Gasteiger partial charge in [-0.2, -0.15) is 0 Å². The molecular weight excluding hydrogens is 272 g/mol. The quantitative estimate of drug-likeness (QED) is 0.547. The zero-order valence-corrected chi connectivity index (χ0v) is 13.9. The van der Waals surface area contributed by atoms with E-state index in [0.29, 0.717) is 0 Å². The van der Waals surface area contributed by atoms with Crippen LogP contribution in [0.1, 0.15) is 48.0 Å². The normalized spacial score (nSPS) is 12.7. The average molecular weight is 300 g/mol. The molecule has 0 aromatic heterocycles. The Balaban J connectivity index is 4.50. The Kier molecular flexibility index (Phi) is 7.99. The third-order valence-electron chi connectivity index (χ3n) is 2.75. The van der Waals surface area contributed by atoms with Crippen LogP contribution < -0.4 is 10.6 Å². The minimum Gasteiger partial charge on any atom is -0.465 e. The minimum absolute atomic E-state index is 0.0649. The first-order chi connectivity index (χ1) is 9.59. The molecule has 0 spiro atoms. The lowest BCUT2D eigenvalue weighted by Crippen LogP contribution is -2.44. The second kappa shape index (κ2) is 8.64. The largest absolute Gasteiger partial charge is 0.465 e. The van der Waals surface area contributed by atoms with Crippen molar-refractivity contribution < 1.29 is 19.1 Å². The van der Waals surface area contributed by atoms with Gasteiger partial charge in [0.05, 0.1) is 6.61 Å². The Labute approximate surface area is 127 Å². The molecule has 0 heterocycles. The lowest BCUT2D eigenvalue weighted by Gasteiger charge is -2.27. The zero-order valence-electron chi connectivity index (χ0n) is 13.9. The highest BCUT2D eigenvalue weighted by atomic mass is 16.5. The fourth-order valence-electron chi connectivity index (χ4n) is 1.87. The summed E-state index contributed by atoms with van der Waals surface area (Å²) >= 11 is 0. The van der Waals surface area contributed by atoms with Crippen LogP contribution >= 0.6 is 0 Å². The summed E-state index contributed by atoms with van der Waals surface area (Å²) in [6.07, 6.45) is 0.184. The van der Waals surface area contributed by atoms with Crippen molar-refractivity contribution in [1.29, 1.82) is 0 Å². The van der Waals surface area contributed by atoms with Crippen molar-refractivity contribution in [1.82, 2.24) is 10.6 Å². The number of hydrogen-bond donors (Lipinski definition) is 2. The SMILES string of the molecule is CCOC(=O)C(C(=O)NCCC(=O)NC(C)C)C(C)(C)C. The van der Waals surface area contributed by atoms with E-state index in [1.165, 1.54) is 0 Å². The maximum absolute atomic E-state index is 12.2. The van der Waals surface area contributed by atoms with Crippen LogP contribution in [0, 0.1) is 11.3 Å². The summed E-state index contributed by atoms with van der Waals surface area (Å²) in [6.45, 7) is 11.3. The molecule has 0 aliphatic heterocycles. The van der Waals surface area contributed by atoms with E-state index in [1.54, 1.807) is 27.7 Å². The first-order valence-electron chi connectivity index (χ1n) is 7.33. The van der Waals surface area contributed by atoms with E-state index in [-0.39, 0.29) is 31.5 Å². The Morgan fingerprint density at radius 2 is 1.71 bits per heavy atom. The smallest absolute Gasteiger partial charge is 0.319 e. The van der Waals surface area contributed by atoms with Gasteiger partial charge in [-0.05, 0) is 26.2 Å². The summed E-state index contributed by atoms with van der Waals surface area (Å²) in [5.74, 6) is -1.95. The van der Waals surface area contributed by atoms with Gasteiger partial charge in [0, 0.05) is 19.0 Å². The molecule has 122 valence electrons. The van der Waals surface area contributed by atoms with Crippen molar-refractivity contribution in [2.75, 3.05) is 13.2 Å². The van der Waals surface area contributed by atoms with Gasteiger partial charge in [-0.15, -0.1) is 0 Å². The van der Waals surface area contributed by atoms with E-state index >= 15 is 0 Å². The number of amides is 2. The van der Waals surface area contributed by atoms with Crippen LogP contribution in [-0.2, 0) is 19.1 Å². The van der Waals surface area contributed by atoms with Gasteiger partial charge in [0.15, 0.2) is 0 Å². The van der Waals surface area contributed by atoms with E-state index in [4.69, 9.17) is 4.74 Å². The number of ether oxygens (including phenoxy) is 1. The molecule has 0 bridgehead atoms. The fraction of sp³-hybridized carbons (Fsp3) is 0.800. The number of carbonyl (C=O) groups excluding carboxylic acids is 3. The number of rotatable bonds is 7. The predicted octanol–water partition coefficient (Wildman–Crippen LogP) is 1.24. The lowest BCUT2D eigenvalue weighted by atomic mass is 9.80. The Hall–Kier alpha value is -1.59. The van der Waals surface area contributed by atoms with Gasteiger partial charge in [-0.1, -0.05) is 20.8 Å². The molecule has 2 N–H and O–H groups in total. The third kappa shape index (κ3) is 7.68. The summed E-state index contributed by atoms with van der Waals surface area (Å²) in [6, 6.07) is 0.0649. The maximum Gasteiger partial charge on any atom is 0.319 e. The van der Waals surface area contributed by atoms with Crippen molar-refractivity contribution in [2.45, 2.75) is 54.0 Å². The number of esters is 1. The Bertz CT molecular complexity index is 372. The highest BCUT2D eigenvalue weighted by molar-refractivity contribution is 5.98. The summed E-state index contributed by atoms with van der Waals surface area (Å²) in [7, 11) is 0. The highest BCUT2D eigenvalue weighted by Crippen LogP contribution is 2.27. The lowest BCUT2D eigenvalue weighted by molar-refractivity contribution is -0.156. The van der Waals surface area contributed by atoms with Gasteiger partial charge >= 0.3 is 5.97 Å². The van der Waals surface area contributed by atoms with E-state index in [0.717, 1.165) is 0 Å². The van der Waals surface area contributed by atoms with E-state index < -0.39 is 23.2 Å². The van der Waals surface area contributed by atoms with Crippen LogP contribution in [0.4, 0.5) is 0 Å². The number of hydrogen-bond acceptors (Lipinski definition) is 4. The predicted molar refractivity (Wildman–Crippen MR) is 80.5 cm³/mol. The molecule has 0 saturated heterocycles. The van der Waals surface area contributed by atoms with Gasteiger partial charge in [0.2, 0.25) is 11.8 Å². The van der Waals surface area contributed by atoms with Gasteiger partial charge < -0.3 is 15.4 Å². The first-order valence-corrected chi connectivity index (χ1v) is 7.33. The zero-order chi connectivity index (χ0) is 16.6. The monoisotopic (exact) mass is 300 g/mol. The van der Waals surface area contributed by atoms with Crippen LogP contribution in [0.25, 0.3) is 0 Å². The van der Waals surface area contributed by atoms with Crippen LogP contribution in [0.15, 0.2) is 0 Å². The van der Waals surface area contributed by atoms with Gasteiger partial charge in [-0.25, -0.2) is 0 Å². The molecule has 1 unspecified atom stereocenters. The fourth-order valence-corrected chi connectivity index (χ4v) is 1.87. The summed E-state index contributed by atoms with van der Waals surface area (Å²) in [5.41, 5.74) is -0.545. The van der Waals surface area contributed by atoms with E-state index in [9.17, 15) is 14.4 Å². The average Bonchev–Trinajstić information content (AvgIpc) is 2.25. The third-order valence-corrected chi connectivity index (χ3v) is 2.75. The molecule has 0 aromatic rings. The molecular formula is C15H28N2O4. The molecule has 0 saturated carbocycles. The molecule has 0 radical (unpaired) electrons. The van der Waals surface area contributed by atoms with Crippen LogP contribution in [0.3, 0.4) is 0 Å². The summed E-state index contributed by atoms with van der Waals surface area (Å²) in [4.78, 5) is 35.6. The number of nitrogens with one attached hydrogen (secondary N) is 2. The Morgan fingerprint density at radius 1 is 1.14 bits per heavy atom. The van der Waals surface area contributed by atoms with E-state index in [2.05, 4.69) is 10.6 Å². The standard InChI is InChI=1S/C15H28N2O4/c1-7-21-14(20)12(15(4,5)6)13(19)16-9-8-11(18)17-10(2)3/h10,12H,7-9H2,1-6H3,(H,16,19)(H,17,18). The van der Waals surface area contributed by atoms with Crippen molar-refractivity contribution in [3.8, 4) is 0 Å². The summed E-state index contributed by atoms with van der Waals surface area (Å²) < 4.78 is 4.95. The van der Waals surface area contributed by atoms with Crippen LogP contribution in [0.2, 0.25) is 0 Å².